The number of hydrogen-bond acceptors (Lipinski definition) is 5. The zero-order valence-corrected chi connectivity index (χ0v) is 11.5. The summed E-state index contributed by atoms with van der Waals surface area (Å²) in [5, 5.41) is 0.826. The Morgan fingerprint density at radius 1 is 1.45 bits per heavy atom. The lowest BCUT2D eigenvalue weighted by molar-refractivity contribution is 0.307. The van der Waals surface area contributed by atoms with Gasteiger partial charge in [0.05, 0.1) is 17.9 Å². The van der Waals surface area contributed by atoms with Crippen LogP contribution in [0.5, 0.6) is 0 Å². The number of aryl methyl sites for hydroxylation is 2. The Kier molecular flexibility index (Phi) is 2.93. The van der Waals surface area contributed by atoms with E-state index in [1.54, 1.807) is 10.6 Å². The SMILES string of the molecule is CCn1c(=O)c(C2=CCCO2)cc2c(C)nc(N)nc21. The first kappa shape index (κ1) is 12.7. The van der Waals surface area contributed by atoms with Crippen LogP contribution in [0.2, 0.25) is 0 Å². The van der Waals surface area contributed by atoms with Crippen LogP contribution in [-0.4, -0.2) is 21.1 Å². The number of nitrogen functional groups attached to an aromatic ring is 1. The van der Waals surface area contributed by atoms with Crippen molar-refractivity contribution in [2.24, 2.45) is 0 Å². The van der Waals surface area contributed by atoms with Gasteiger partial charge in [0, 0.05) is 18.4 Å². The van der Waals surface area contributed by atoms with Crippen LogP contribution in [0.15, 0.2) is 16.9 Å². The predicted molar refractivity (Wildman–Crippen MR) is 77.2 cm³/mol. The minimum atomic E-state index is -0.106. The van der Waals surface area contributed by atoms with E-state index in [1.807, 2.05) is 19.9 Å². The number of nitrogens with zero attached hydrogens (tertiary/aromatic N) is 3. The predicted octanol–water partition coefficient (Wildman–Crippen LogP) is 1.46. The van der Waals surface area contributed by atoms with Crippen LogP contribution in [0.4, 0.5) is 5.95 Å². The van der Waals surface area contributed by atoms with Gasteiger partial charge in [-0.05, 0) is 26.0 Å². The van der Waals surface area contributed by atoms with Gasteiger partial charge in [-0.15, -0.1) is 0 Å². The molecule has 6 nitrogen and oxygen atoms in total. The van der Waals surface area contributed by atoms with Crippen LogP contribution >= 0.6 is 0 Å². The molecule has 3 rings (SSSR count). The maximum Gasteiger partial charge on any atom is 0.263 e. The highest BCUT2D eigenvalue weighted by molar-refractivity contribution is 5.82. The van der Waals surface area contributed by atoms with Crippen LogP contribution in [0.25, 0.3) is 16.8 Å². The zero-order chi connectivity index (χ0) is 14.3. The Morgan fingerprint density at radius 2 is 2.25 bits per heavy atom. The van der Waals surface area contributed by atoms with Crippen molar-refractivity contribution < 1.29 is 4.74 Å². The molecular weight excluding hydrogens is 256 g/mol. The Labute approximate surface area is 115 Å². The minimum absolute atomic E-state index is 0.106. The van der Waals surface area contributed by atoms with E-state index in [4.69, 9.17) is 10.5 Å². The first-order valence-electron chi connectivity index (χ1n) is 6.62. The molecule has 104 valence electrons. The lowest BCUT2D eigenvalue weighted by Crippen LogP contribution is -2.24. The number of fused-ring (bicyclic) bond motifs is 1. The number of hydrogen-bond donors (Lipinski definition) is 1. The number of nitrogens with two attached hydrogens (primary N) is 1. The second-order valence-corrected chi connectivity index (χ2v) is 4.72. The van der Waals surface area contributed by atoms with Gasteiger partial charge >= 0.3 is 0 Å². The summed E-state index contributed by atoms with van der Waals surface area (Å²) in [4.78, 5) is 20.9. The van der Waals surface area contributed by atoms with Gasteiger partial charge in [0.2, 0.25) is 5.95 Å². The maximum atomic E-state index is 12.6. The second kappa shape index (κ2) is 4.63. The highest BCUT2D eigenvalue weighted by atomic mass is 16.5. The van der Waals surface area contributed by atoms with Crippen molar-refractivity contribution in [1.29, 1.82) is 0 Å². The summed E-state index contributed by atoms with van der Waals surface area (Å²) in [5.74, 6) is 0.830. The largest absolute Gasteiger partial charge is 0.493 e. The third-order valence-corrected chi connectivity index (χ3v) is 3.44. The molecule has 0 bridgehead atoms. The average molecular weight is 272 g/mol. The summed E-state index contributed by atoms with van der Waals surface area (Å²) >= 11 is 0. The zero-order valence-electron chi connectivity index (χ0n) is 11.5. The number of rotatable bonds is 2. The van der Waals surface area contributed by atoms with Crippen molar-refractivity contribution in [2.75, 3.05) is 12.3 Å². The number of anilines is 1. The monoisotopic (exact) mass is 272 g/mol. The smallest absolute Gasteiger partial charge is 0.263 e. The molecule has 0 radical (unpaired) electrons. The Balaban J connectivity index is 2.39. The first-order valence-corrected chi connectivity index (χ1v) is 6.62. The fraction of sp³-hybridized carbons (Fsp3) is 0.357. The maximum absolute atomic E-state index is 12.6. The van der Waals surface area contributed by atoms with E-state index in [0.29, 0.717) is 30.1 Å². The summed E-state index contributed by atoms with van der Waals surface area (Å²) in [5.41, 5.74) is 7.48. The number of aromatic nitrogens is 3. The normalized spacial score (nSPS) is 14.4. The third-order valence-electron chi connectivity index (χ3n) is 3.44. The summed E-state index contributed by atoms with van der Waals surface area (Å²) in [6, 6.07) is 1.80. The topological polar surface area (TPSA) is 83.0 Å². The molecule has 1 aliphatic rings. The van der Waals surface area contributed by atoms with Crippen LogP contribution in [0.3, 0.4) is 0 Å². The van der Waals surface area contributed by atoms with Gasteiger partial charge in [-0.1, -0.05) is 0 Å². The van der Waals surface area contributed by atoms with E-state index >= 15 is 0 Å². The second-order valence-electron chi connectivity index (χ2n) is 4.72. The van der Waals surface area contributed by atoms with Gasteiger partial charge in [-0.25, -0.2) is 4.98 Å². The van der Waals surface area contributed by atoms with E-state index in [-0.39, 0.29) is 11.5 Å². The molecule has 6 heteroatoms. The molecule has 0 saturated carbocycles. The van der Waals surface area contributed by atoms with Crippen molar-refractivity contribution in [3.63, 3.8) is 0 Å². The van der Waals surface area contributed by atoms with Crippen molar-refractivity contribution >= 4 is 22.7 Å². The highest BCUT2D eigenvalue weighted by Crippen LogP contribution is 2.23. The molecule has 2 aromatic heterocycles. The van der Waals surface area contributed by atoms with Gasteiger partial charge in [-0.3, -0.25) is 9.36 Å². The van der Waals surface area contributed by atoms with Crippen molar-refractivity contribution in [1.82, 2.24) is 14.5 Å². The fourth-order valence-corrected chi connectivity index (χ4v) is 2.49. The Hall–Kier alpha value is -2.37. The van der Waals surface area contributed by atoms with Gasteiger partial charge in [0.25, 0.3) is 5.56 Å². The molecular formula is C14H16N4O2. The van der Waals surface area contributed by atoms with E-state index in [9.17, 15) is 4.79 Å². The van der Waals surface area contributed by atoms with Crippen LogP contribution in [-0.2, 0) is 11.3 Å². The first-order chi connectivity index (χ1) is 9.61. The average Bonchev–Trinajstić information content (AvgIpc) is 2.92. The number of pyridine rings is 1. The molecule has 20 heavy (non-hydrogen) atoms. The van der Waals surface area contributed by atoms with E-state index in [0.717, 1.165) is 17.5 Å². The molecule has 0 unspecified atom stereocenters. The van der Waals surface area contributed by atoms with E-state index in [2.05, 4.69) is 9.97 Å². The molecule has 0 aliphatic carbocycles. The van der Waals surface area contributed by atoms with Crippen LogP contribution < -0.4 is 11.3 Å². The minimum Gasteiger partial charge on any atom is -0.493 e. The Morgan fingerprint density at radius 3 is 2.90 bits per heavy atom. The lowest BCUT2D eigenvalue weighted by atomic mass is 10.1. The highest BCUT2D eigenvalue weighted by Gasteiger charge is 2.18. The van der Waals surface area contributed by atoms with Crippen LogP contribution in [0.1, 0.15) is 24.6 Å². The lowest BCUT2D eigenvalue weighted by Gasteiger charge is -2.12. The molecule has 3 heterocycles. The van der Waals surface area contributed by atoms with Gasteiger partial charge in [0.15, 0.2) is 0 Å². The van der Waals surface area contributed by atoms with Crippen molar-refractivity contribution in [3.05, 3.63) is 33.8 Å². The summed E-state index contributed by atoms with van der Waals surface area (Å²) < 4.78 is 7.12. The molecule has 0 atom stereocenters. The molecule has 0 spiro atoms. The van der Waals surface area contributed by atoms with Gasteiger partial charge in [-0.2, -0.15) is 4.98 Å². The fourth-order valence-electron chi connectivity index (χ4n) is 2.49. The molecule has 2 N–H and O–H groups in total. The van der Waals surface area contributed by atoms with Crippen molar-refractivity contribution in [2.45, 2.75) is 26.8 Å². The quantitative estimate of drug-likeness (QED) is 0.895. The standard InChI is InChI=1S/C14H16N4O2/c1-3-18-12-9(8(2)16-14(15)17-12)7-10(13(18)19)11-5-4-6-20-11/h5,7H,3-4,6H2,1-2H3,(H2,15,16,17). The third kappa shape index (κ3) is 1.84. The molecule has 1 aliphatic heterocycles. The Bertz CT molecular complexity index is 777. The van der Waals surface area contributed by atoms with Gasteiger partial charge in [0.1, 0.15) is 11.4 Å². The van der Waals surface area contributed by atoms with Crippen molar-refractivity contribution in [3.8, 4) is 0 Å². The summed E-state index contributed by atoms with van der Waals surface area (Å²) in [7, 11) is 0. The van der Waals surface area contributed by atoms with Gasteiger partial charge < -0.3 is 10.5 Å². The molecule has 0 amide bonds. The van der Waals surface area contributed by atoms with Crippen LogP contribution in [0, 0.1) is 6.92 Å². The molecule has 0 fully saturated rings. The van der Waals surface area contributed by atoms with E-state index < -0.39 is 0 Å². The van der Waals surface area contributed by atoms with E-state index in [1.165, 1.54) is 0 Å². The number of ether oxygens (including phenoxy) is 1. The summed E-state index contributed by atoms with van der Waals surface area (Å²) in [6.45, 7) is 4.91. The molecule has 2 aromatic rings. The summed E-state index contributed by atoms with van der Waals surface area (Å²) in [6.07, 6.45) is 2.77. The molecule has 0 saturated heterocycles. The molecule has 0 aromatic carbocycles.